The maximum Gasteiger partial charge on any atom is 0.132 e. The Bertz CT molecular complexity index is 588. The zero-order chi connectivity index (χ0) is 12.7. The highest BCUT2D eigenvalue weighted by molar-refractivity contribution is 6.33. The van der Waals surface area contributed by atoms with Gasteiger partial charge in [0.15, 0.2) is 0 Å². The molecule has 92 valence electrons. The minimum absolute atomic E-state index is 0.339. The summed E-state index contributed by atoms with van der Waals surface area (Å²) in [6.45, 7) is 1.87. The summed E-state index contributed by atoms with van der Waals surface area (Å²) in [5.41, 5.74) is 1.83. The maximum atomic E-state index is 13.8. The second-order valence-electron chi connectivity index (χ2n) is 4.60. The lowest BCUT2D eigenvalue weighted by molar-refractivity contribution is 0.631. The lowest BCUT2D eigenvalue weighted by Gasteiger charge is -2.09. The van der Waals surface area contributed by atoms with Gasteiger partial charge in [0.1, 0.15) is 11.6 Å². The molecular weight excluding hydrogens is 251 g/mol. The highest BCUT2D eigenvalue weighted by atomic mass is 35.5. The van der Waals surface area contributed by atoms with Gasteiger partial charge in [0.25, 0.3) is 0 Å². The standard InChI is InChI=1S/C14H12ClFN2/c1-8-10(7-17-14(18-8)9-5-6-9)13-11(15)3-2-4-12(13)16/h2-4,7,9H,5-6H2,1H3. The summed E-state index contributed by atoms with van der Waals surface area (Å²) >= 11 is 6.06. The van der Waals surface area contributed by atoms with E-state index in [-0.39, 0.29) is 5.82 Å². The summed E-state index contributed by atoms with van der Waals surface area (Å²) in [5.74, 6) is 1.02. The van der Waals surface area contributed by atoms with Gasteiger partial charge < -0.3 is 0 Å². The van der Waals surface area contributed by atoms with Crippen molar-refractivity contribution in [1.82, 2.24) is 9.97 Å². The van der Waals surface area contributed by atoms with Gasteiger partial charge in [-0.3, -0.25) is 0 Å². The molecule has 0 saturated heterocycles. The number of benzene rings is 1. The molecule has 0 amide bonds. The molecule has 1 aliphatic rings. The van der Waals surface area contributed by atoms with Crippen LogP contribution in [0.4, 0.5) is 4.39 Å². The van der Waals surface area contributed by atoms with Crippen LogP contribution in [0.3, 0.4) is 0 Å². The van der Waals surface area contributed by atoms with Crippen molar-refractivity contribution in [1.29, 1.82) is 0 Å². The first-order valence-electron chi connectivity index (χ1n) is 5.94. The third kappa shape index (κ3) is 1.99. The van der Waals surface area contributed by atoms with Crippen LogP contribution in [-0.2, 0) is 0 Å². The Morgan fingerprint density at radius 2 is 2.11 bits per heavy atom. The molecule has 1 aliphatic carbocycles. The molecule has 1 aromatic heterocycles. The Kier molecular flexibility index (Phi) is 2.78. The lowest BCUT2D eigenvalue weighted by atomic mass is 10.1. The first-order chi connectivity index (χ1) is 8.66. The molecule has 18 heavy (non-hydrogen) atoms. The third-order valence-corrected chi connectivity index (χ3v) is 3.49. The van der Waals surface area contributed by atoms with Gasteiger partial charge in [0, 0.05) is 28.9 Å². The summed E-state index contributed by atoms with van der Waals surface area (Å²) in [5, 5.41) is 0.390. The van der Waals surface area contributed by atoms with Gasteiger partial charge in [-0.25, -0.2) is 14.4 Å². The summed E-state index contributed by atoms with van der Waals surface area (Å²) in [4.78, 5) is 8.78. The predicted molar refractivity (Wildman–Crippen MR) is 69.1 cm³/mol. The molecule has 2 aromatic rings. The molecule has 1 heterocycles. The second-order valence-corrected chi connectivity index (χ2v) is 5.01. The molecule has 2 nitrogen and oxygen atoms in total. The van der Waals surface area contributed by atoms with E-state index in [0.717, 1.165) is 24.4 Å². The predicted octanol–water partition coefficient (Wildman–Crippen LogP) is 4.12. The Morgan fingerprint density at radius 3 is 2.72 bits per heavy atom. The van der Waals surface area contributed by atoms with Crippen LogP contribution in [0.2, 0.25) is 5.02 Å². The molecule has 3 rings (SSSR count). The summed E-state index contributed by atoms with van der Waals surface area (Å²) in [7, 11) is 0. The number of hydrogen-bond donors (Lipinski definition) is 0. The second kappa shape index (κ2) is 4.32. The highest BCUT2D eigenvalue weighted by Gasteiger charge is 2.27. The fraction of sp³-hybridized carbons (Fsp3) is 0.286. The lowest BCUT2D eigenvalue weighted by Crippen LogP contribution is -1.98. The van der Waals surface area contributed by atoms with Crippen molar-refractivity contribution in [2.75, 3.05) is 0 Å². The average Bonchev–Trinajstić information content (AvgIpc) is 3.14. The average molecular weight is 263 g/mol. The topological polar surface area (TPSA) is 25.8 Å². The van der Waals surface area contributed by atoms with Crippen molar-refractivity contribution in [3.63, 3.8) is 0 Å². The molecule has 4 heteroatoms. The van der Waals surface area contributed by atoms with Crippen LogP contribution in [0.5, 0.6) is 0 Å². The van der Waals surface area contributed by atoms with E-state index in [1.807, 2.05) is 6.92 Å². The van der Waals surface area contributed by atoms with E-state index in [1.54, 1.807) is 18.3 Å². The molecule has 0 radical (unpaired) electrons. The minimum atomic E-state index is -0.339. The van der Waals surface area contributed by atoms with Crippen LogP contribution < -0.4 is 0 Å². The molecule has 0 N–H and O–H groups in total. The SMILES string of the molecule is Cc1nc(C2CC2)ncc1-c1c(F)cccc1Cl. The summed E-state index contributed by atoms with van der Waals surface area (Å²) in [6.07, 6.45) is 3.98. The molecule has 0 atom stereocenters. The normalized spacial score (nSPS) is 14.8. The molecule has 1 fully saturated rings. The number of rotatable bonds is 2. The third-order valence-electron chi connectivity index (χ3n) is 3.17. The first kappa shape index (κ1) is 11.6. The summed E-state index contributed by atoms with van der Waals surface area (Å²) < 4.78 is 13.8. The van der Waals surface area contributed by atoms with E-state index in [4.69, 9.17) is 11.6 Å². The Labute approximate surface area is 110 Å². The molecule has 0 spiro atoms. The van der Waals surface area contributed by atoms with Crippen molar-refractivity contribution in [3.8, 4) is 11.1 Å². The van der Waals surface area contributed by atoms with Gasteiger partial charge in [-0.05, 0) is 31.9 Å². The van der Waals surface area contributed by atoms with Crippen LogP contribution in [0.1, 0.15) is 30.3 Å². The van der Waals surface area contributed by atoms with Crippen molar-refractivity contribution in [2.45, 2.75) is 25.7 Å². The smallest absolute Gasteiger partial charge is 0.132 e. The van der Waals surface area contributed by atoms with Crippen molar-refractivity contribution >= 4 is 11.6 Å². The monoisotopic (exact) mass is 262 g/mol. The molecule has 0 unspecified atom stereocenters. The van der Waals surface area contributed by atoms with Crippen molar-refractivity contribution < 1.29 is 4.39 Å². The van der Waals surface area contributed by atoms with E-state index < -0.39 is 0 Å². The van der Waals surface area contributed by atoms with Crippen LogP contribution in [-0.4, -0.2) is 9.97 Å². The molecule has 0 bridgehead atoms. The van der Waals surface area contributed by atoms with Gasteiger partial charge in [-0.1, -0.05) is 17.7 Å². The van der Waals surface area contributed by atoms with E-state index in [1.165, 1.54) is 6.07 Å². The molecule has 1 saturated carbocycles. The summed E-state index contributed by atoms with van der Waals surface area (Å²) in [6, 6.07) is 4.67. The number of aromatic nitrogens is 2. The molecular formula is C14H12ClFN2. The van der Waals surface area contributed by atoms with Crippen LogP contribution >= 0.6 is 11.6 Å². The van der Waals surface area contributed by atoms with Crippen LogP contribution in [0, 0.1) is 12.7 Å². The van der Waals surface area contributed by atoms with E-state index in [0.29, 0.717) is 22.1 Å². The number of nitrogens with zero attached hydrogens (tertiary/aromatic N) is 2. The zero-order valence-electron chi connectivity index (χ0n) is 9.95. The van der Waals surface area contributed by atoms with Gasteiger partial charge >= 0.3 is 0 Å². The van der Waals surface area contributed by atoms with Crippen LogP contribution in [0.15, 0.2) is 24.4 Å². The number of halogens is 2. The zero-order valence-corrected chi connectivity index (χ0v) is 10.7. The van der Waals surface area contributed by atoms with Crippen LogP contribution in [0.25, 0.3) is 11.1 Å². The van der Waals surface area contributed by atoms with E-state index >= 15 is 0 Å². The highest BCUT2D eigenvalue weighted by Crippen LogP contribution is 2.39. The number of hydrogen-bond acceptors (Lipinski definition) is 2. The Morgan fingerprint density at radius 1 is 1.33 bits per heavy atom. The minimum Gasteiger partial charge on any atom is -0.240 e. The first-order valence-corrected chi connectivity index (χ1v) is 6.32. The Hall–Kier alpha value is -1.48. The van der Waals surface area contributed by atoms with E-state index in [9.17, 15) is 4.39 Å². The number of aryl methyl sites for hydroxylation is 1. The van der Waals surface area contributed by atoms with Gasteiger partial charge in [-0.2, -0.15) is 0 Å². The van der Waals surface area contributed by atoms with Crippen molar-refractivity contribution in [2.24, 2.45) is 0 Å². The fourth-order valence-electron chi connectivity index (χ4n) is 2.02. The van der Waals surface area contributed by atoms with Gasteiger partial charge in [0.05, 0.1) is 5.02 Å². The fourth-order valence-corrected chi connectivity index (χ4v) is 2.29. The van der Waals surface area contributed by atoms with Crippen molar-refractivity contribution in [3.05, 3.63) is 46.8 Å². The van der Waals surface area contributed by atoms with Gasteiger partial charge in [-0.15, -0.1) is 0 Å². The van der Waals surface area contributed by atoms with E-state index in [2.05, 4.69) is 9.97 Å². The molecule has 0 aliphatic heterocycles. The molecule has 1 aromatic carbocycles. The quantitative estimate of drug-likeness (QED) is 0.814. The Balaban J connectivity index is 2.11. The maximum absolute atomic E-state index is 13.8. The van der Waals surface area contributed by atoms with Gasteiger partial charge in [0.2, 0.25) is 0 Å². The largest absolute Gasteiger partial charge is 0.240 e.